The van der Waals surface area contributed by atoms with Crippen LogP contribution in [-0.2, 0) is 4.79 Å². The van der Waals surface area contributed by atoms with Gasteiger partial charge in [-0.2, -0.15) is 0 Å². The standard InChI is InChI=1S/C14H28N2O/c1-4-14(3,10-15)13(17)16-11(2)12-8-6-5-7-9-12/h11-12H,4-10,15H2,1-3H3,(H,16,17)/t11-,14?/m1/s1. The van der Waals surface area contributed by atoms with Crippen LogP contribution in [-0.4, -0.2) is 18.5 Å². The number of nitrogens with two attached hydrogens (primary N) is 1. The van der Waals surface area contributed by atoms with Crippen molar-refractivity contribution < 1.29 is 4.79 Å². The van der Waals surface area contributed by atoms with Gasteiger partial charge in [-0.3, -0.25) is 4.79 Å². The first-order valence-corrected chi connectivity index (χ1v) is 7.04. The van der Waals surface area contributed by atoms with Crippen LogP contribution in [0.15, 0.2) is 0 Å². The summed E-state index contributed by atoms with van der Waals surface area (Å²) in [6, 6.07) is 0.292. The highest BCUT2D eigenvalue weighted by Crippen LogP contribution is 2.27. The smallest absolute Gasteiger partial charge is 0.227 e. The minimum absolute atomic E-state index is 0.126. The van der Waals surface area contributed by atoms with Crippen molar-refractivity contribution in [1.29, 1.82) is 0 Å². The summed E-state index contributed by atoms with van der Waals surface area (Å²) in [6.07, 6.45) is 7.29. The zero-order valence-electron chi connectivity index (χ0n) is 11.6. The van der Waals surface area contributed by atoms with Crippen molar-refractivity contribution in [3.63, 3.8) is 0 Å². The highest BCUT2D eigenvalue weighted by Gasteiger charge is 2.32. The molecule has 0 bridgehead atoms. The third kappa shape index (κ3) is 3.70. The molecule has 1 amide bonds. The van der Waals surface area contributed by atoms with Crippen LogP contribution in [0, 0.1) is 11.3 Å². The molecular weight excluding hydrogens is 212 g/mol. The molecule has 1 fully saturated rings. The summed E-state index contributed by atoms with van der Waals surface area (Å²) in [5, 5.41) is 3.17. The molecule has 0 spiro atoms. The maximum atomic E-state index is 12.2. The van der Waals surface area contributed by atoms with Gasteiger partial charge in [0.1, 0.15) is 0 Å². The van der Waals surface area contributed by atoms with E-state index >= 15 is 0 Å². The van der Waals surface area contributed by atoms with Gasteiger partial charge < -0.3 is 11.1 Å². The van der Waals surface area contributed by atoms with Crippen LogP contribution >= 0.6 is 0 Å². The minimum Gasteiger partial charge on any atom is -0.353 e. The number of hydrogen-bond acceptors (Lipinski definition) is 2. The van der Waals surface area contributed by atoms with Gasteiger partial charge in [0.05, 0.1) is 5.41 Å². The third-order valence-corrected chi connectivity index (χ3v) is 4.49. The first-order chi connectivity index (χ1) is 8.03. The normalized spacial score (nSPS) is 22.8. The number of carbonyl (C=O) groups is 1. The van der Waals surface area contributed by atoms with E-state index in [4.69, 9.17) is 5.73 Å². The summed E-state index contributed by atoms with van der Waals surface area (Å²) >= 11 is 0. The van der Waals surface area contributed by atoms with Crippen molar-refractivity contribution in [2.24, 2.45) is 17.1 Å². The van der Waals surface area contributed by atoms with Gasteiger partial charge in [0.2, 0.25) is 5.91 Å². The Hall–Kier alpha value is -0.570. The van der Waals surface area contributed by atoms with E-state index in [-0.39, 0.29) is 5.91 Å². The number of rotatable bonds is 5. The second-order valence-corrected chi connectivity index (χ2v) is 5.78. The molecule has 3 N–H and O–H groups in total. The molecule has 17 heavy (non-hydrogen) atoms. The van der Waals surface area contributed by atoms with E-state index in [1.165, 1.54) is 32.1 Å². The number of amides is 1. The van der Waals surface area contributed by atoms with Crippen LogP contribution in [0.3, 0.4) is 0 Å². The summed E-state index contributed by atoms with van der Waals surface area (Å²) in [5.41, 5.74) is 5.31. The molecule has 1 rings (SSSR count). The molecule has 0 aromatic heterocycles. The van der Waals surface area contributed by atoms with Gasteiger partial charge in [-0.05, 0) is 39.0 Å². The topological polar surface area (TPSA) is 55.1 Å². The lowest BCUT2D eigenvalue weighted by Gasteiger charge is -2.32. The second kappa shape index (κ2) is 6.39. The van der Waals surface area contributed by atoms with Crippen LogP contribution in [0.25, 0.3) is 0 Å². The summed E-state index contributed by atoms with van der Waals surface area (Å²) in [6.45, 7) is 6.54. The van der Waals surface area contributed by atoms with E-state index in [1.807, 2.05) is 13.8 Å². The SMILES string of the molecule is CCC(C)(CN)C(=O)N[C@H](C)C1CCCCC1. The zero-order valence-corrected chi connectivity index (χ0v) is 11.6. The van der Waals surface area contributed by atoms with Crippen molar-refractivity contribution in [1.82, 2.24) is 5.32 Å². The summed E-state index contributed by atoms with van der Waals surface area (Å²) in [5.74, 6) is 0.784. The van der Waals surface area contributed by atoms with E-state index < -0.39 is 5.41 Å². The van der Waals surface area contributed by atoms with E-state index in [9.17, 15) is 4.79 Å². The highest BCUT2D eigenvalue weighted by molar-refractivity contribution is 5.82. The van der Waals surface area contributed by atoms with Crippen molar-refractivity contribution in [3.8, 4) is 0 Å². The van der Waals surface area contributed by atoms with E-state index in [0.29, 0.717) is 18.5 Å². The number of carbonyl (C=O) groups excluding carboxylic acids is 1. The van der Waals surface area contributed by atoms with Crippen molar-refractivity contribution in [2.45, 2.75) is 65.3 Å². The second-order valence-electron chi connectivity index (χ2n) is 5.78. The van der Waals surface area contributed by atoms with Crippen LogP contribution in [0.2, 0.25) is 0 Å². The Bertz CT molecular complexity index is 243. The summed E-state index contributed by atoms with van der Waals surface area (Å²) < 4.78 is 0. The summed E-state index contributed by atoms with van der Waals surface area (Å²) in [4.78, 5) is 12.2. The Morgan fingerprint density at radius 1 is 1.41 bits per heavy atom. The van der Waals surface area contributed by atoms with Crippen molar-refractivity contribution in [2.75, 3.05) is 6.54 Å². The molecular formula is C14H28N2O. The Kier molecular flexibility index (Phi) is 5.44. The Labute approximate surface area is 106 Å². The predicted octanol–water partition coefficient (Wildman–Crippen LogP) is 2.45. The molecule has 1 aliphatic carbocycles. The van der Waals surface area contributed by atoms with E-state index in [1.54, 1.807) is 0 Å². The lowest BCUT2D eigenvalue weighted by atomic mass is 9.82. The van der Waals surface area contributed by atoms with Gasteiger partial charge in [0.15, 0.2) is 0 Å². The average molecular weight is 240 g/mol. The van der Waals surface area contributed by atoms with Gasteiger partial charge in [0.25, 0.3) is 0 Å². The predicted molar refractivity (Wildman–Crippen MR) is 71.6 cm³/mol. The molecule has 0 aromatic carbocycles. The van der Waals surface area contributed by atoms with E-state index in [2.05, 4.69) is 12.2 Å². The molecule has 0 radical (unpaired) electrons. The van der Waals surface area contributed by atoms with Gasteiger partial charge in [-0.15, -0.1) is 0 Å². The molecule has 1 aliphatic rings. The molecule has 0 heterocycles. The number of nitrogens with one attached hydrogen (secondary N) is 1. The fourth-order valence-corrected chi connectivity index (χ4v) is 2.53. The molecule has 3 nitrogen and oxygen atoms in total. The average Bonchev–Trinajstić information content (AvgIpc) is 2.38. The first kappa shape index (κ1) is 14.5. The first-order valence-electron chi connectivity index (χ1n) is 7.04. The van der Waals surface area contributed by atoms with Crippen LogP contribution in [0.5, 0.6) is 0 Å². The molecule has 1 unspecified atom stereocenters. The highest BCUT2D eigenvalue weighted by atomic mass is 16.2. The fourth-order valence-electron chi connectivity index (χ4n) is 2.53. The third-order valence-electron chi connectivity index (χ3n) is 4.49. The van der Waals surface area contributed by atoms with Crippen LogP contribution < -0.4 is 11.1 Å². The molecule has 0 saturated heterocycles. The van der Waals surface area contributed by atoms with Gasteiger partial charge in [-0.25, -0.2) is 0 Å². The maximum Gasteiger partial charge on any atom is 0.227 e. The van der Waals surface area contributed by atoms with Crippen molar-refractivity contribution >= 4 is 5.91 Å². The zero-order chi connectivity index (χ0) is 12.9. The number of hydrogen-bond donors (Lipinski definition) is 2. The molecule has 0 aromatic rings. The largest absolute Gasteiger partial charge is 0.353 e. The Morgan fingerprint density at radius 2 is 2.00 bits per heavy atom. The molecule has 100 valence electrons. The molecule has 2 atom stereocenters. The maximum absolute atomic E-state index is 12.2. The lowest BCUT2D eigenvalue weighted by molar-refractivity contribution is -0.131. The van der Waals surface area contributed by atoms with Crippen LogP contribution in [0.4, 0.5) is 0 Å². The van der Waals surface area contributed by atoms with Crippen molar-refractivity contribution in [3.05, 3.63) is 0 Å². The fraction of sp³-hybridized carbons (Fsp3) is 0.929. The van der Waals surface area contributed by atoms with Crippen LogP contribution in [0.1, 0.15) is 59.3 Å². The molecule has 3 heteroatoms. The Balaban J connectivity index is 2.49. The monoisotopic (exact) mass is 240 g/mol. The van der Waals surface area contributed by atoms with Gasteiger partial charge >= 0.3 is 0 Å². The van der Waals surface area contributed by atoms with Gasteiger partial charge in [0, 0.05) is 12.6 Å². The summed E-state index contributed by atoms with van der Waals surface area (Å²) in [7, 11) is 0. The molecule has 1 saturated carbocycles. The lowest BCUT2D eigenvalue weighted by Crippen LogP contribution is -2.48. The minimum atomic E-state index is -0.400. The van der Waals surface area contributed by atoms with E-state index in [0.717, 1.165) is 6.42 Å². The quantitative estimate of drug-likeness (QED) is 0.775. The van der Waals surface area contributed by atoms with Gasteiger partial charge in [-0.1, -0.05) is 26.2 Å². The molecule has 0 aliphatic heterocycles. The Morgan fingerprint density at radius 3 is 2.47 bits per heavy atom.